The predicted octanol–water partition coefficient (Wildman–Crippen LogP) is 4.26. The molecule has 1 aromatic carbocycles. The molecule has 1 rings (SSSR count). The highest BCUT2D eigenvalue weighted by Crippen LogP contribution is 2.28. The molecular weight excluding hydrogens is 218 g/mol. The summed E-state index contributed by atoms with van der Waals surface area (Å²) in [6, 6.07) is 4.70. The van der Waals surface area contributed by atoms with E-state index in [1.54, 1.807) is 0 Å². The largest absolute Gasteiger partial charge is 0.313 e. The maximum atomic E-state index is 6.12. The first-order chi connectivity index (χ1) is 7.45. The molecule has 1 N–H and O–H groups in total. The van der Waals surface area contributed by atoms with Gasteiger partial charge in [-0.05, 0) is 56.0 Å². The van der Waals surface area contributed by atoms with E-state index in [-0.39, 0.29) is 0 Å². The monoisotopic (exact) mass is 239 g/mol. The lowest BCUT2D eigenvalue weighted by molar-refractivity contribution is 0.455. The van der Waals surface area contributed by atoms with Crippen molar-refractivity contribution in [3.05, 3.63) is 33.8 Å². The Labute approximate surface area is 104 Å². The summed E-state index contributed by atoms with van der Waals surface area (Å²) in [5.41, 5.74) is 3.81. The summed E-state index contributed by atoms with van der Waals surface area (Å²) in [5.74, 6) is 0.688. The smallest absolute Gasteiger partial charge is 0.0438 e. The van der Waals surface area contributed by atoms with Crippen LogP contribution in [0.5, 0.6) is 0 Å². The first kappa shape index (κ1) is 13.5. The molecule has 2 heteroatoms. The summed E-state index contributed by atoms with van der Waals surface area (Å²) in [6.07, 6.45) is 1.15. The zero-order chi connectivity index (χ0) is 12.3. The zero-order valence-corrected chi connectivity index (χ0v) is 11.7. The Kier molecular flexibility index (Phi) is 4.82. The Morgan fingerprint density at radius 3 is 2.31 bits per heavy atom. The lowest BCUT2D eigenvalue weighted by atomic mass is 9.93. The highest BCUT2D eigenvalue weighted by molar-refractivity contribution is 6.31. The third-order valence-corrected chi connectivity index (χ3v) is 3.39. The van der Waals surface area contributed by atoms with E-state index in [1.165, 1.54) is 11.1 Å². The standard InChI is InChI=1S/C14H22ClN/c1-9(2)6-14(16-5)12-7-11(4)13(15)8-10(12)3/h7-9,14,16H,6H2,1-5H3. The second-order valence-corrected chi connectivity index (χ2v) is 5.34. The van der Waals surface area contributed by atoms with Crippen molar-refractivity contribution >= 4 is 11.6 Å². The SMILES string of the molecule is CNC(CC(C)C)c1cc(C)c(Cl)cc1C. The Balaban J connectivity index is 3.05. The van der Waals surface area contributed by atoms with Crippen LogP contribution in [0.2, 0.25) is 5.02 Å². The number of benzene rings is 1. The Morgan fingerprint density at radius 2 is 1.81 bits per heavy atom. The van der Waals surface area contributed by atoms with Crippen LogP contribution >= 0.6 is 11.6 Å². The Hall–Kier alpha value is -0.530. The van der Waals surface area contributed by atoms with E-state index >= 15 is 0 Å². The van der Waals surface area contributed by atoms with Crippen molar-refractivity contribution in [3.63, 3.8) is 0 Å². The van der Waals surface area contributed by atoms with Gasteiger partial charge in [0.05, 0.1) is 0 Å². The molecule has 1 unspecified atom stereocenters. The van der Waals surface area contributed by atoms with Gasteiger partial charge in [-0.15, -0.1) is 0 Å². The fraction of sp³-hybridized carbons (Fsp3) is 0.571. The molecule has 1 nitrogen and oxygen atoms in total. The highest BCUT2D eigenvalue weighted by atomic mass is 35.5. The Bertz CT molecular complexity index is 358. The van der Waals surface area contributed by atoms with Crippen molar-refractivity contribution in [3.8, 4) is 0 Å². The minimum atomic E-state index is 0.427. The fourth-order valence-corrected chi connectivity index (χ4v) is 2.27. The molecule has 0 spiro atoms. The minimum Gasteiger partial charge on any atom is -0.313 e. The summed E-state index contributed by atoms with van der Waals surface area (Å²) in [7, 11) is 2.02. The molecule has 0 bridgehead atoms. The van der Waals surface area contributed by atoms with E-state index in [0.717, 1.165) is 17.0 Å². The van der Waals surface area contributed by atoms with Gasteiger partial charge in [0.2, 0.25) is 0 Å². The van der Waals surface area contributed by atoms with Crippen molar-refractivity contribution in [1.29, 1.82) is 0 Å². The number of halogens is 1. The highest BCUT2D eigenvalue weighted by Gasteiger charge is 2.14. The van der Waals surface area contributed by atoms with Gasteiger partial charge in [0.25, 0.3) is 0 Å². The molecule has 0 radical (unpaired) electrons. The van der Waals surface area contributed by atoms with E-state index in [4.69, 9.17) is 11.6 Å². The van der Waals surface area contributed by atoms with Crippen molar-refractivity contribution in [2.75, 3.05) is 7.05 Å². The molecule has 0 fully saturated rings. The molecule has 0 aliphatic heterocycles. The molecular formula is C14H22ClN. The summed E-state index contributed by atoms with van der Waals surface area (Å²) >= 11 is 6.12. The van der Waals surface area contributed by atoms with Crippen LogP contribution in [0.25, 0.3) is 0 Å². The van der Waals surface area contributed by atoms with Crippen LogP contribution in [0.3, 0.4) is 0 Å². The summed E-state index contributed by atoms with van der Waals surface area (Å²) < 4.78 is 0. The fourth-order valence-electron chi connectivity index (χ4n) is 2.05. The van der Waals surface area contributed by atoms with Crippen LogP contribution in [-0.4, -0.2) is 7.05 Å². The first-order valence-electron chi connectivity index (χ1n) is 5.89. The maximum Gasteiger partial charge on any atom is 0.0438 e. The van der Waals surface area contributed by atoms with Gasteiger partial charge >= 0.3 is 0 Å². The van der Waals surface area contributed by atoms with E-state index in [2.05, 4.69) is 45.1 Å². The summed E-state index contributed by atoms with van der Waals surface area (Å²) in [4.78, 5) is 0. The number of nitrogens with one attached hydrogen (secondary N) is 1. The number of rotatable bonds is 4. The van der Waals surface area contributed by atoms with Gasteiger partial charge < -0.3 is 5.32 Å². The number of hydrogen-bond donors (Lipinski definition) is 1. The third-order valence-electron chi connectivity index (χ3n) is 2.98. The summed E-state index contributed by atoms with van der Waals surface area (Å²) in [6.45, 7) is 8.70. The number of aryl methyl sites for hydroxylation is 2. The van der Waals surface area contributed by atoms with Gasteiger partial charge in [0.15, 0.2) is 0 Å². The molecule has 0 amide bonds. The van der Waals surface area contributed by atoms with Gasteiger partial charge in [-0.3, -0.25) is 0 Å². The molecule has 0 saturated carbocycles. The maximum absolute atomic E-state index is 6.12. The summed E-state index contributed by atoms with van der Waals surface area (Å²) in [5, 5.41) is 4.26. The average Bonchev–Trinajstić information content (AvgIpc) is 2.20. The van der Waals surface area contributed by atoms with Gasteiger partial charge in [-0.1, -0.05) is 31.5 Å². The Morgan fingerprint density at radius 1 is 1.19 bits per heavy atom. The molecule has 0 saturated heterocycles. The van der Waals surface area contributed by atoms with E-state index in [0.29, 0.717) is 12.0 Å². The van der Waals surface area contributed by atoms with Crippen LogP contribution < -0.4 is 5.32 Å². The average molecular weight is 240 g/mol. The van der Waals surface area contributed by atoms with E-state index in [1.807, 2.05) is 7.05 Å². The molecule has 1 atom stereocenters. The third kappa shape index (κ3) is 3.23. The van der Waals surface area contributed by atoms with E-state index in [9.17, 15) is 0 Å². The quantitative estimate of drug-likeness (QED) is 0.828. The van der Waals surface area contributed by atoms with Crippen LogP contribution in [0.15, 0.2) is 12.1 Å². The van der Waals surface area contributed by atoms with Crippen LogP contribution in [0.1, 0.15) is 43.0 Å². The molecule has 1 aromatic rings. The second-order valence-electron chi connectivity index (χ2n) is 4.93. The van der Waals surface area contributed by atoms with Gasteiger partial charge in [0.1, 0.15) is 0 Å². The van der Waals surface area contributed by atoms with Crippen molar-refractivity contribution < 1.29 is 0 Å². The van der Waals surface area contributed by atoms with Crippen LogP contribution in [0, 0.1) is 19.8 Å². The van der Waals surface area contributed by atoms with Gasteiger partial charge in [-0.2, -0.15) is 0 Å². The lowest BCUT2D eigenvalue weighted by Crippen LogP contribution is -2.19. The van der Waals surface area contributed by atoms with Crippen molar-refractivity contribution in [2.24, 2.45) is 5.92 Å². The molecule has 0 aliphatic carbocycles. The molecule has 0 aliphatic rings. The topological polar surface area (TPSA) is 12.0 Å². The first-order valence-corrected chi connectivity index (χ1v) is 6.27. The van der Waals surface area contributed by atoms with E-state index < -0.39 is 0 Å². The molecule has 90 valence electrons. The van der Waals surface area contributed by atoms with Crippen molar-refractivity contribution in [1.82, 2.24) is 5.32 Å². The van der Waals surface area contributed by atoms with Gasteiger partial charge in [-0.25, -0.2) is 0 Å². The predicted molar refractivity (Wildman–Crippen MR) is 72.2 cm³/mol. The normalized spacial score (nSPS) is 13.2. The molecule has 0 aromatic heterocycles. The lowest BCUT2D eigenvalue weighted by Gasteiger charge is -2.21. The second kappa shape index (κ2) is 5.70. The number of hydrogen-bond acceptors (Lipinski definition) is 1. The van der Waals surface area contributed by atoms with Crippen molar-refractivity contribution in [2.45, 2.75) is 40.2 Å². The minimum absolute atomic E-state index is 0.427. The van der Waals surface area contributed by atoms with Gasteiger partial charge in [0, 0.05) is 11.1 Å². The van der Waals surface area contributed by atoms with Crippen LogP contribution in [0.4, 0.5) is 0 Å². The zero-order valence-electron chi connectivity index (χ0n) is 10.9. The molecule has 0 heterocycles. The molecule has 16 heavy (non-hydrogen) atoms. The van der Waals surface area contributed by atoms with Crippen LogP contribution in [-0.2, 0) is 0 Å².